The van der Waals surface area contributed by atoms with Gasteiger partial charge in [0.15, 0.2) is 0 Å². The molecule has 0 fully saturated rings. The van der Waals surface area contributed by atoms with Crippen LogP contribution in [0.5, 0.6) is 0 Å². The summed E-state index contributed by atoms with van der Waals surface area (Å²) < 4.78 is 4.29. The van der Waals surface area contributed by atoms with Gasteiger partial charge >= 0.3 is 5.97 Å². The molecule has 0 aliphatic rings. The fraction of sp³-hybridized carbons (Fsp3) is 0.167. The van der Waals surface area contributed by atoms with E-state index in [4.69, 9.17) is 5.11 Å². The zero-order valence-corrected chi connectivity index (χ0v) is 5.13. The number of carbonyl (C=O) groups is 1. The second-order valence-electron chi connectivity index (χ2n) is 1.38. The van der Waals surface area contributed by atoms with Crippen molar-refractivity contribution in [1.82, 2.24) is 0 Å². The minimum atomic E-state index is -0.590. The first kappa shape index (κ1) is 7.75. The largest absolute Gasteiger partial charge is 0.515 e. The van der Waals surface area contributed by atoms with Crippen molar-refractivity contribution in [3.63, 3.8) is 0 Å². The van der Waals surface area contributed by atoms with Crippen molar-refractivity contribution in [2.24, 2.45) is 0 Å². The molecule has 0 saturated heterocycles. The van der Waals surface area contributed by atoms with E-state index in [-0.39, 0.29) is 5.57 Å². The summed E-state index contributed by atoms with van der Waals surface area (Å²) in [6.07, 6.45) is 1.70. The van der Waals surface area contributed by atoms with E-state index in [1.54, 1.807) is 0 Å². The Morgan fingerprint density at radius 2 is 2.33 bits per heavy atom. The zero-order chi connectivity index (χ0) is 7.28. The summed E-state index contributed by atoms with van der Waals surface area (Å²) in [6, 6.07) is 0. The number of aliphatic hydroxyl groups excluding tert-OH is 1. The molecule has 0 heterocycles. The van der Waals surface area contributed by atoms with Gasteiger partial charge < -0.3 is 9.84 Å². The lowest BCUT2D eigenvalue weighted by Gasteiger charge is -1.93. The summed E-state index contributed by atoms with van der Waals surface area (Å²) in [6.45, 7) is 4.60. The highest BCUT2D eigenvalue weighted by Crippen LogP contribution is 1.93. The third-order valence-corrected chi connectivity index (χ3v) is 0.706. The smallest absolute Gasteiger partial charge is 0.341 e. The molecule has 0 rings (SSSR count). The van der Waals surface area contributed by atoms with Gasteiger partial charge in [0.2, 0.25) is 0 Å². The van der Waals surface area contributed by atoms with Gasteiger partial charge in [0.05, 0.1) is 18.1 Å². The Labute approximate surface area is 53.3 Å². The molecule has 0 radical (unpaired) electrons. The second kappa shape index (κ2) is 3.72. The van der Waals surface area contributed by atoms with E-state index in [1.807, 2.05) is 0 Å². The molecule has 50 valence electrons. The van der Waals surface area contributed by atoms with Gasteiger partial charge in [0.25, 0.3) is 0 Å². The topological polar surface area (TPSA) is 46.5 Å². The lowest BCUT2D eigenvalue weighted by molar-refractivity contribution is -0.133. The molecule has 0 aromatic rings. The maximum absolute atomic E-state index is 10.5. The Morgan fingerprint density at radius 3 is 2.67 bits per heavy atom. The summed E-state index contributed by atoms with van der Waals surface area (Å²) in [7, 11) is 0. The summed E-state index contributed by atoms with van der Waals surface area (Å²) in [5.74, 6) is -0.590. The normalized spacial score (nSPS) is 10.6. The van der Waals surface area contributed by atoms with Crippen molar-refractivity contribution in [3.8, 4) is 0 Å². The molecular weight excluding hydrogens is 120 g/mol. The molecule has 0 saturated carbocycles. The lowest BCUT2D eigenvalue weighted by Crippen LogP contribution is -1.99. The monoisotopic (exact) mass is 128 g/mol. The molecule has 1 N–H and O–H groups in total. The van der Waals surface area contributed by atoms with Crippen LogP contribution in [0.3, 0.4) is 0 Å². The standard InChI is InChI=1S/C6H8O3/c1-3-9-6(8)5(2)4-7/h3-4,7H,1H2,2H3/b5-4+. The van der Waals surface area contributed by atoms with E-state index in [9.17, 15) is 4.79 Å². The van der Waals surface area contributed by atoms with Crippen LogP contribution in [0.15, 0.2) is 24.7 Å². The summed E-state index contributed by atoms with van der Waals surface area (Å²) in [4.78, 5) is 10.5. The molecule has 3 heteroatoms. The quantitative estimate of drug-likeness (QED) is 0.344. The molecule has 9 heavy (non-hydrogen) atoms. The van der Waals surface area contributed by atoms with Crippen molar-refractivity contribution in [3.05, 3.63) is 24.7 Å². The highest BCUT2D eigenvalue weighted by Gasteiger charge is 2.01. The molecule has 0 aliphatic heterocycles. The molecule has 3 nitrogen and oxygen atoms in total. The third kappa shape index (κ3) is 2.54. The van der Waals surface area contributed by atoms with Crippen LogP contribution in [-0.2, 0) is 9.53 Å². The van der Waals surface area contributed by atoms with Crippen LogP contribution in [0.2, 0.25) is 0 Å². The molecule has 0 aromatic carbocycles. The van der Waals surface area contributed by atoms with Gasteiger partial charge in [0, 0.05) is 0 Å². The van der Waals surface area contributed by atoms with E-state index >= 15 is 0 Å². The van der Waals surface area contributed by atoms with Gasteiger partial charge in [0.1, 0.15) is 0 Å². The number of hydrogen-bond donors (Lipinski definition) is 1. The van der Waals surface area contributed by atoms with Crippen molar-refractivity contribution >= 4 is 5.97 Å². The Kier molecular flexibility index (Phi) is 3.20. The number of ether oxygens (including phenoxy) is 1. The number of hydrogen-bond acceptors (Lipinski definition) is 3. The average molecular weight is 128 g/mol. The van der Waals surface area contributed by atoms with Crippen LogP contribution in [-0.4, -0.2) is 11.1 Å². The maximum atomic E-state index is 10.5. The first-order valence-electron chi connectivity index (χ1n) is 2.35. The van der Waals surface area contributed by atoms with Crippen LogP contribution in [0.1, 0.15) is 6.92 Å². The molecule has 0 bridgehead atoms. The SMILES string of the molecule is C=COC(=O)/C(C)=C/O. The zero-order valence-electron chi connectivity index (χ0n) is 5.13. The number of carbonyl (C=O) groups excluding carboxylic acids is 1. The van der Waals surface area contributed by atoms with Crippen LogP contribution < -0.4 is 0 Å². The molecule has 0 aromatic heterocycles. The van der Waals surface area contributed by atoms with Crippen LogP contribution in [0, 0.1) is 0 Å². The van der Waals surface area contributed by atoms with Crippen molar-refractivity contribution in [2.45, 2.75) is 6.92 Å². The van der Waals surface area contributed by atoms with Gasteiger partial charge in [-0.3, -0.25) is 0 Å². The Morgan fingerprint density at radius 1 is 1.78 bits per heavy atom. The summed E-state index contributed by atoms with van der Waals surface area (Å²) in [5, 5.41) is 8.23. The van der Waals surface area contributed by atoms with E-state index in [2.05, 4.69) is 11.3 Å². The molecule has 0 unspecified atom stereocenters. The lowest BCUT2D eigenvalue weighted by atomic mass is 10.3. The maximum Gasteiger partial charge on any atom is 0.341 e. The van der Waals surface area contributed by atoms with Crippen molar-refractivity contribution < 1.29 is 14.6 Å². The molecule has 0 spiro atoms. The Hall–Kier alpha value is -1.25. The third-order valence-electron chi connectivity index (χ3n) is 0.706. The first-order chi connectivity index (χ1) is 4.22. The van der Waals surface area contributed by atoms with Crippen LogP contribution in [0.25, 0.3) is 0 Å². The highest BCUT2D eigenvalue weighted by atomic mass is 16.5. The van der Waals surface area contributed by atoms with Gasteiger partial charge in [-0.1, -0.05) is 6.58 Å². The van der Waals surface area contributed by atoms with E-state index in [1.165, 1.54) is 6.92 Å². The Balaban J connectivity index is 3.88. The van der Waals surface area contributed by atoms with Crippen molar-refractivity contribution in [1.29, 1.82) is 0 Å². The molecule has 0 aliphatic carbocycles. The molecule has 0 amide bonds. The Bertz CT molecular complexity index is 146. The van der Waals surface area contributed by atoms with E-state index in [0.29, 0.717) is 6.26 Å². The predicted octanol–water partition coefficient (Wildman–Crippen LogP) is 1.13. The first-order valence-corrected chi connectivity index (χ1v) is 2.35. The minimum Gasteiger partial charge on any atom is -0.515 e. The van der Waals surface area contributed by atoms with Gasteiger partial charge in [-0.05, 0) is 6.92 Å². The number of rotatable bonds is 2. The second-order valence-corrected chi connectivity index (χ2v) is 1.38. The average Bonchev–Trinajstić information content (AvgIpc) is 1.87. The van der Waals surface area contributed by atoms with Crippen molar-refractivity contribution in [2.75, 3.05) is 0 Å². The highest BCUT2D eigenvalue weighted by molar-refractivity contribution is 5.87. The minimum absolute atomic E-state index is 0.148. The summed E-state index contributed by atoms with van der Waals surface area (Å²) >= 11 is 0. The van der Waals surface area contributed by atoms with Gasteiger partial charge in [-0.25, -0.2) is 4.79 Å². The van der Waals surface area contributed by atoms with Gasteiger partial charge in [-0.15, -0.1) is 0 Å². The fourth-order valence-corrected chi connectivity index (χ4v) is 0.221. The fourth-order valence-electron chi connectivity index (χ4n) is 0.221. The van der Waals surface area contributed by atoms with Crippen LogP contribution in [0.4, 0.5) is 0 Å². The number of aliphatic hydroxyl groups is 1. The summed E-state index contributed by atoms with van der Waals surface area (Å²) in [5.41, 5.74) is 0.148. The molecule has 0 atom stereocenters. The van der Waals surface area contributed by atoms with E-state index in [0.717, 1.165) is 6.26 Å². The number of esters is 1. The molecular formula is C6H8O3. The van der Waals surface area contributed by atoms with Gasteiger partial charge in [-0.2, -0.15) is 0 Å². The predicted molar refractivity (Wildman–Crippen MR) is 32.7 cm³/mol. The van der Waals surface area contributed by atoms with E-state index < -0.39 is 5.97 Å². The van der Waals surface area contributed by atoms with Crippen LogP contribution >= 0.6 is 0 Å².